The molecule has 1 aromatic carbocycles. The number of carbonyl (C=O) groups excluding carboxylic acids is 2. The average molecular weight is 448 g/mol. The Morgan fingerprint density at radius 3 is 2.39 bits per heavy atom. The highest BCUT2D eigenvalue weighted by Crippen LogP contribution is 2.33. The number of benzene rings is 1. The van der Waals surface area contributed by atoms with Gasteiger partial charge in [-0.2, -0.15) is 4.31 Å². The highest BCUT2D eigenvalue weighted by Gasteiger charge is 2.33. The lowest BCUT2D eigenvalue weighted by molar-refractivity contribution is -0.133. The number of sulfonamides is 1. The highest BCUT2D eigenvalue weighted by atomic mass is 32.2. The Hall–Kier alpha value is -1.93. The summed E-state index contributed by atoms with van der Waals surface area (Å²) in [5, 5.41) is 0. The van der Waals surface area contributed by atoms with Crippen molar-refractivity contribution in [1.82, 2.24) is 9.21 Å². The fraction of sp³-hybridized carbons (Fsp3) is 0.652. The quantitative estimate of drug-likeness (QED) is 0.695. The number of amides is 2. The van der Waals surface area contributed by atoms with Crippen LogP contribution in [0.15, 0.2) is 23.1 Å². The summed E-state index contributed by atoms with van der Waals surface area (Å²) in [6.07, 6.45) is 7.18. The molecule has 0 aromatic heterocycles. The molecule has 2 amide bonds. The molecule has 3 heterocycles. The van der Waals surface area contributed by atoms with E-state index in [9.17, 15) is 18.0 Å². The second-order valence-electron chi connectivity index (χ2n) is 8.99. The summed E-state index contributed by atoms with van der Waals surface area (Å²) in [5.41, 5.74) is 1.67. The van der Waals surface area contributed by atoms with Crippen molar-refractivity contribution >= 4 is 27.5 Å². The van der Waals surface area contributed by atoms with Gasteiger partial charge in [0.1, 0.15) is 0 Å². The van der Waals surface area contributed by atoms with Crippen LogP contribution in [0.25, 0.3) is 0 Å². The number of nitrogens with zero attached hydrogens (tertiary/aromatic N) is 3. The monoisotopic (exact) mass is 447 g/mol. The van der Waals surface area contributed by atoms with Gasteiger partial charge in [-0.15, -0.1) is 0 Å². The zero-order valence-electron chi connectivity index (χ0n) is 18.4. The topological polar surface area (TPSA) is 78.0 Å². The molecular weight excluding hydrogens is 414 g/mol. The van der Waals surface area contributed by atoms with Gasteiger partial charge >= 0.3 is 0 Å². The normalized spacial score (nSPS) is 22.4. The largest absolute Gasteiger partial charge is 0.343 e. The first-order chi connectivity index (χ1) is 14.9. The average Bonchev–Trinajstić information content (AvgIpc) is 3.21. The van der Waals surface area contributed by atoms with E-state index in [1.165, 1.54) is 6.42 Å². The van der Waals surface area contributed by atoms with Crippen LogP contribution in [0.3, 0.4) is 0 Å². The van der Waals surface area contributed by atoms with E-state index >= 15 is 0 Å². The number of carbonyl (C=O) groups is 2. The van der Waals surface area contributed by atoms with Crippen molar-refractivity contribution in [3.63, 3.8) is 0 Å². The number of hydrogen-bond donors (Lipinski definition) is 0. The van der Waals surface area contributed by atoms with Gasteiger partial charge in [0.25, 0.3) is 0 Å². The number of rotatable bonds is 5. The lowest BCUT2D eigenvalue weighted by atomic mass is 10.1. The number of likely N-dealkylation sites (tertiary alicyclic amines) is 1. The molecule has 2 fully saturated rings. The second kappa shape index (κ2) is 9.28. The lowest BCUT2D eigenvalue weighted by Gasteiger charge is -2.32. The minimum Gasteiger partial charge on any atom is -0.343 e. The van der Waals surface area contributed by atoms with Crippen molar-refractivity contribution in [2.45, 2.75) is 75.6 Å². The molecule has 0 radical (unpaired) electrons. The van der Waals surface area contributed by atoms with Gasteiger partial charge in [-0.1, -0.05) is 6.42 Å². The fourth-order valence-electron chi connectivity index (χ4n) is 5.01. The van der Waals surface area contributed by atoms with Gasteiger partial charge in [-0.3, -0.25) is 9.59 Å². The predicted octanol–water partition coefficient (Wildman–Crippen LogP) is 2.93. The molecule has 0 spiro atoms. The number of anilines is 1. The highest BCUT2D eigenvalue weighted by molar-refractivity contribution is 7.89. The van der Waals surface area contributed by atoms with Crippen LogP contribution in [-0.4, -0.2) is 61.7 Å². The Morgan fingerprint density at radius 2 is 1.65 bits per heavy atom. The zero-order valence-corrected chi connectivity index (χ0v) is 19.2. The summed E-state index contributed by atoms with van der Waals surface area (Å²) in [5.74, 6) is -0.00562. The summed E-state index contributed by atoms with van der Waals surface area (Å²) >= 11 is 0. The summed E-state index contributed by atoms with van der Waals surface area (Å²) < 4.78 is 27.9. The predicted molar refractivity (Wildman–Crippen MR) is 119 cm³/mol. The van der Waals surface area contributed by atoms with Crippen LogP contribution in [-0.2, 0) is 26.0 Å². The minimum atomic E-state index is -3.52. The van der Waals surface area contributed by atoms with Crippen LogP contribution in [0.5, 0.6) is 0 Å². The van der Waals surface area contributed by atoms with Crippen LogP contribution in [0.1, 0.15) is 63.9 Å². The Bertz CT molecular complexity index is 940. The van der Waals surface area contributed by atoms with Crippen LogP contribution in [0, 0.1) is 0 Å². The molecule has 0 bridgehead atoms. The van der Waals surface area contributed by atoms with E-state index in [4.69, 9.17) is 0 Å². The van der Waals surface area contributed by atoms with Crippen LogP contribution >= 0.6 is 0 Å². The summed E-state index contributed by atoms with van der Waals surface area (Å²) in [4.78, 5) is 29.1. The van der Waals surface area contributed by atoms with Crippen molar-refractivity contribution in [3.05, 3.63) is 23.8 Å². The first-order valence-electron chi connectivity index (χ1n) is 11.6. The van der Waals surface area contributed by atoms with Gasteiger partial charge in [-0.05, 0) is 69.2 Å². The molecule has 1 atom stereocenters. The van der Waals surface area contributed by atoms with E-state index in [1.807, 2.05) is 11.8 Å². The molecular formula is C23H33N3O4S. The summed E-state index contributed by atoms with van der Waals surface area (Å²) in [6, 6.07) is 5.13. The minimum absolute atomic E-state index is 0.0162. The van der Waals surface area contributed by atoms with Crippen molar-refractivity contribution in [2.75, 3.05) is 31.1 Å². The van der Waals surface area contributed by atoms with Gasteiger partial charge in [0, 0.05) is 50.7 Å². The molecule has 0 N–H and O–H groups in total. The van der Waals surface area contributed by atoms with Crippen molar-refractivity contribution in [3.8, 4) is 0 Å². The van der Waals surface area contributed by atoms with Crippen LogP contribution in [0.4, 0.5) is 5.69 Å². The summed E-state index contributed by atoms with van der Waals surface area (Å²) in [6.45, 7) is 4.67. The van der Waals surface area contributed by atoms with Gasteiger partial charge in [0.15, 0.2) is 0 Å². The van der Waals surface area contributed by atoms with Gasteiger partial charge in [0.2, 0.25) is 21.8 Å². The van der Waals surface area contributed by atoms with E-state index in [1.54, 1.807) is 27.4 Å². The molecule has 1 unspecified atom stereocenters. The maximum absolute atomic E-state index is 13.1. The standard InChI is InChI=1S/C23H33N3O4S/c1-18-7-3-6-15-26(18)31(29,30)20-8-9-21-19(17-20)12-16-25(21)23(28)11-10-22(27)24-13-4-2-5-14-24/h8-9,17-18H,2-7,10-16H2,1H3. The van der Waals surface area contributed by atoms with Crippen LogP contribution < -0.4 is 4.90 Å². The molecule has 4 rings (SSSR count). The first kappa shape index (κ1) is 22.3. The van der Waals surface area contributed by atoms with E-state index in [-0.39, 0.29) is 30.7 Å². The molecule has 1 aromatic rings. The number of fused-ring (bicyclic) bond motifs is 1. The third-order valence-electron chi connectivity index (χ3n) is 6.86. The van der Waals surface area contributed by atoms with E-state index in [2.05, 4.69) is 0 Å². The summed E-state index contributed by atoms with van der Waals surface area (Å²) in [7, 11) is -3.52. The van der Waals surface area contributed by atoms with E-state index in [0.29, 0.717) is 24.4 Å². The smallest absolute Gasteiger partial charge is 0.243 e. The molecule has 2 saturated heterocycles. The van der Waals surface area contributed by atoms with Crippen molar-refractivity contribution in [2.24, 2.45) is 0 Å². The number of hydrogen-bond acceptors (Lipinski definition) is 4. The molecule has 7 nitrogen and oxygen atoms in total. The first-order valence-corrected chi connectivity index (χ1v) is 13.0. The second-order valence-corrected chi connectivity index (χ2v) is 10.9. The van der Waals surface area contributed by atoms with Crippen molar-refractivity contribution in [1.29, 1.82) is 0 Å². The van der Waals surface area contributed by atoms with E-state index in [0.717, 1.165) is 56.4 Å². The van der Waals surface area contributed by atoms with Crippen molar-refractivity contribution < 1.29 is 18.0 Å². The van der Waals surface area contributed by atoms with E-state index < -0.39 is 10.0 Å². The Labute approximate surface area is 185 Å². The Kier molecular flexibility index (Phi) is 6.67. The third kappa shape index (κ3) is 4.65. The van der Waals surface area contributed by atoms with Crippen LogP contribution in [0.2, 0.25) is 0 Å². The number of piperidine rings is 2. The molecule has 0 aliphatic carbocycles. The zero-order chi connectivity index (χ0) is 22.0. The maximum atomic E-state index is 13.1. The Balaban J connectivity index is 1.42. The Morgan fingerprint density at radius 1 is 0.935 bits per heavy atom. The molecule has 3 aliphatic rings. The molecule has 170 valence electrons. The lowest BCUT2D eigenvalue weighted by Crippen LogP contribution is -2.41. The fourth-order valence-corrected chi connectivity index (χ4v) is 6.76. The molecule has 0 saturated carbocycles. The van der Waals surface area contributed by atoms with Gasteiger partial charge < -0.3 is 9.80 Å². The van der Waals surface area contributed by atoms with Gasteiger partial charge in [-0.25, -0.2) is 8.42 Å². The molecule has 8 heteroatoms. The molecule has 31 heavy (non-hydrogen) atoms. The third-order valence-corrected chi connectivity index (χ3v) is 8.87. The SMILES string of the molecule is CC1CCCCN1S(=O)(=O)c1ccc2c(c1)CCN2C(=O)CCC(=O)N1CCCCC1. The van der Waals surface area contributed by atoms with Gasteiger partial charge in [0.05, 0.1) is 4.90 Å². The maximum Gasteiger partial charge on any atom is 0.243 e. The molecule has 3 aliphatic heterocycles.